The van der Waals surface area contributed by atoms with E-state index >= 15 is 0 Å². The number of H-pyrrole nitrogens is 1. The fourth-order valence-electron chi connectivity index (χ4n) is 2.86. The van der Waals surface area contributed by atoms with Crippen LogP contribution in [0.15, 0.2) is 35.4 Å². The number of piperidine rings is 1. The third-order valence-electron chi connectivity index (χ3n) is 3.91. The topological polar surface area (TPSA) is 79.0 Å². The summed E-state index contributed by atoms with van der Waals surface area (Å²) in [5.74, 6) is 0.756. The van der Waals surface area contributed by atoms with Crippen LogP contribution in [0.4, 0.5) is 0 Å². The van der Waals surface area contributed by atoms with Crippen molar-refractivity contribution in [1.29, 1.82) is 0 Å². The lowest BCUT2D eigenvalue weighted by Crippen LogP contribution is -2.40. The van der Waals surface area contributed by atoms with Crippen molar-refractivity contribution < 1.29 is 4.79 Å². The second-order valence-electron chi connectivity index (χ2n) is 5.60. The SMILES string of the molecule is Cc1cc(=O)[nH]c([C@@H]2CCCN(C(=O)c3ccncc3)C2)n1. The van der Waals surface area contributed by atoms with Gasteiger partial charge in [-0.25, -0.2) is 4.98 Å². The summed E-state index contributed by atoms with van der Waals surface area (Å²) in [6, 6.07) is 4.92. The average molecular weight is 298 g/mol. The molecule has 1 amide bonds. The Morgan fingerprint density at radius 2 is 2.14 bits per heavy atom. The normalized spacial score (nSPS) is 18.2. The van der Waals surface area contributed by atoms with Crippen LogP contribution in [0.3, 0.4) is 0 Å². The first-order chi connectivity index (χ1) is 10.6. The molecule has 1 aliphatic rings. The predicted octanol–water partition coefficient (Wildman–Crippen LogP) is 1.49. The molecule has 0 bridgehead atoms. The molecule has 1 N–H and O–H groups in total. The van der Waals surface area contributed by atoms with Gasteiger partial charge in [-0.2, -0.15) is 0 Å². The van der Waals surface area contributed by atoms with Crippen molar-refractivity contribution in [3.8, 4) is 0 Å². The molecule has 3 rings (SSSR count). The zero-order valence-corrected chi connectivity index (χ0v) is 12.5. The van der Waals surface area contributed by atoms with E-state index in [-0.39, 0.29) is 17.4 Å². The van der Waals surface area contributed by atoms with Crippen LogP contribution >= 0.6 is 0 Å². The molecule has 6 nitrogen and oxygen atoms in total. The van der Waals surface area contributed by atoms with Gasteiger partial charge in [-0.15, -0.1) is 0 Å². The first-order valence-corrected chi connectivity index (χ1v) is 7.40. The number of nitrogens with zero attached hydrogens (tertiary/aromatic N) is 3. The van der Waals surface area contributed by atoms with Gasteiger partial charge in [0.15, 0.2) is 0 Å². The molecule has 0 radical (unpaired) electrons. The highest BCUT2D eigenvalue weighted by molar-refractivity contribution is 5.94. The lowest BCUT2D eigenvalue weighted by Gasteiger charge is -2.32. The Labute approximate surface area is 128 Å². The van der Waals surface area contributed by atoms with E-state index in [1.54, 1.807) is 24.5 Å². The Kier molecular flexibility index (Phi) is 4.00. The van der Waals surface area contributed by atoms with Crippen LogP contribution in [-0.4, -0.2) is 38.8 Å². The van der Waals surface area contributed by atoms with E-state index in [0.717, 1.165) is 19.4 Å². The molecule has 0 saturated carbocycles. The van der Waals surface area contributed by atoms with Gasteiger partial charge < -0.3 is 9.88 Å². The van der Waals surface area contributed by atoms with Gasteiger partial charge in [-0.1, -0.05) is 0 Å². The van der Waals surface area contributed by atoms with Gasteiger partial charge in [0, 0.05) is 48.7 Å². The molecule has 0 aliphatic carbocycles. The minimum Gasteiger partial charge on any atom is -0.338 e. The van der Waals surface area contributed by atoms with E-state index in [1.807, 2.05) is 11.8 Å². The molecule has 0 aromatic carbocycles. The Bertz CT molecular complexity index is 726. The maximum atomic E-state index is 12.5. The summed E-state index contributed by atoms with van der Waals surface area (Å²) in [5.41, 5.74) is 1.21. The minimum atomic E-state index is -0.139. The lowest BCUT2D eigenvalue weighted by atomic mass is 9.96. The van der Waals surface area contributed by atoms with Gasteiger partial charge in [0.05, 0.1) is 0 Å². The zero-order chi connectivity index (χ0) is 15.5. The Morgan fingerprint density at radius 3 is 2.86 bits per heavy atom. The fourth-order valence-corrected chi connectivity index (χ4v) is 2.86. The van der Waals surface area contributed by atoms with Crippen LogP contribution in [0, 0.1) is 6.92 Å². The summed E-state index contributed by atoms with van der Waals surface area (Å²) in [6.07, 6.45) is 5.06. The highest BCUT2D eigenvalue weighted by Crippen LogP contribution is 2.25. The number of aryl methyl sites for hydroxylation is 1. The summed E-state index contributed by atoms with van der Waals surface area (Å²) in [6.45, 7) is 3.11. The molecule has 1 aliphatic heterocycles. The van der Waals surface area contributed by atoms with Crippen LogP contribution in [-0.2, 0) is 0 Å². The van der Waals surface area contributed by atoms with Crippen LogP contribution in [0.25, 0.3) is 0 Å². The third kappa shape index (κ3) is 3.05. The number of carbonyl (C=O) groups is 1. The summed E-state index contributed by atoms with van der Waals surface area (Å²) >= 11 is 0. The maximum absolute atomic E-state index is 12.5. The first-order valence-electron chi connectivity index (χ1n) is 7.40. The van der Waals surface area contributed by atoms with Crippen molar-refractivity contribution in [2.75, 3.05) is 13.1 Å². The predicted molar refractivity (Wildman–Crippen MR) is 81.7 cm³/mol. The molecule has 1 fully saturated rings. The smallest absolute Gasteiger partial charge is 0.253 e. The molecule has 6 heteroatoms. The van der Waals surface area contributed by atoms with Gasteiger partial charge in [-0.3, -0.25) is 14.6 Å². The average Bonchev–Trinajstić information content (AvgIpc) is 2.54. The van der Waals surface area contributed by atoms with Crippen molar-refractivity contribution in [2.24, 2.45) is 0 Å². The number of aromatic amines is 1. The molecule has 0 spiro atoms. The van der Waals surface area contributed by atoms with Crippen LogP contribution in [0.1, 0.15) is 40.6 Å². The van der Waals surface area contributed by atoms with E-state index in [1.165, 1.54) is 6.07 Å². The molecule has 3 heterocycles. The maximum Gasteiger partial charge on any atom is 0.253 e. The monoisotopic (exact) mass is 298 g/mol. The third-order valence-corrected chi connectivity index (χ3v) is 3.91. The van der Waals surface area contributed by atoms with Gasteiger partial charge in [0.2, 0.25) is 0 Å². The largest absolute Gasteiger partial charge is 0.338 e. The van der Waals surface area contributed by atoms with Crippen LogP contribution in [0.5, 0.6) is 0 Å². The molecule has 0 unspecified atom stereocenters. The van der Waals surface area contributed by atoms with Crippen molar-refractivity contribution >= 4 is 5.91 Å². The molecule has 22 heavy (non-hydrogen) atoms. The van der Waals surface area contributed by atoms with E-state index < -0.39 is 0 Å². The van der Waals surface area contributed by atoms with Gasteiger partial charge in [0.25, 0.3) is 11.5 Å². The number of aromatic nitrogens is 3. The Morgan fingerprint density at radius 1 is 1.36 bits per heavy atom. The number of hydrogen-bond acceptors (Lipinski definition) is 4. The van der Waals surface area contributed by atoms with Crippen molar-refractivity contribution in [3.63, 3.8) is 0 Å². The molecular formula is C16H18N4O2. The van der Waals surface area contributed by atoms with Crippen molar-refractivity contribution in [2.45, 2.75) is 25.7 Å². The van der Waals surface area contributed by atoms with E-state index in [9.17, 15) is 9.59 Å². The van der Waals surface area contributed by atoms with Gasteiger partial charge >= 0.3 is 0 Å². The number of rotatable bonds is 2. The molecule has 1 saturated heterocycles. The van der Waals surface area contributed by atoms with Crippen molar-refractivity contribution in [1.82, 2.24) is 19.9 Å². The molecule has 114 valence electrons. The van der Waals surface area contributed by atoms with Crippen molar-refractivity contribution in [3.05, 3.63) is 58.0 Å². The lowest BCUT2D eigenvalue weighted by molar-refractivity contribution is 0.0704. The van der Waals surface area contributed by atoms with Gasteiger partial charge in [-0.05, 0) is 31.9 Å². The Hall–Kier alpha value is -2.50. The summed E-state index contributed by atoms with van der Waals surface area (Å²) < 4.78 is 0. The Balaban J connectivity index is 1.79. The highest BCUT2D eigenvalue weighted by atomic mass is 16.2. The quantitative estimate of drug-likeness (QED) is 0.911. The number of carbonyl (C=O) groups excluding carboxylic acids is 1. The molecular weight excluding hydrogens is 280 g/mol. The fraction of sp³-hybridized carbons (Fsp3) is 0.375. The number of amides is 1. The number of pyridine rings is 1. The number of hydrogen-bond donors (Lipinski definition) is 1. The summed E-state index contributed by atoms with van der Waals surface area (Å²) in [4.78, 5) is 37.1. The van der Waals surface area contributed by atoms with Gasteiger partial charge in [0.1, 0.15) is 5.82 Å². The van der Waals surface area contributed by atoms with E-state index in [0.29, 0.717) is 23.6 Å². The van der Waals surface area contributed by atoms with Crippen LogP contribution < -0.4 is 5.56 Å². The molecule has 1 atom stereocenters. The van der Waals surface area contributed by atoms with E-state index in [4.69, 9.17) is 0 Å². The standard InChI is InChI=1S/C16H18N4O2/c1-11-9-14(21)19-15(18-11)13-3-2-8-20(10-13)16(22)12-4-6-17-7-5-12/h4-7,9,13H,2-3,8,10H2,1H3,(H,18,19,21)/t13-/m1/s1. The molecule has 2 aromatic rings. The highest BCUT2D eigenvalue weighted by Gasteiger charge is 2.26. The number of likely N-dealkylation sites (tertiary alicyclic amines) is 1. The summed E-state index contributed by atoms with van der Waals surface area (Å²) in [5, 5.41) is 0. The first kappa shape index (κ1) is 14.4. The zero-order valence-electron chi connectivity index (χ0n) is 12.5. The second-order valence-corrected chi connectivity index (χ2v) is 5.60. The molecule has 2 aromatic heterocycles. The summed E-state index contributed by atoms with van der Waals surface area (Å²) in [7, 11) is 0. The minimum absolute atomic E-state index is 0.00194. The van der Waals surface area contributed by atoms with Crippen LogP contribution in [0.2, 0.25) is 0 Å². The van der Waals surface area contributed by atoms with E-state index in [2.05, 4.69) is 15.0 Å². The number of nitrogens with one attached hydrogen (secondary N) is 1. The second kappa shape index (κ2) is 6.09.